The number of aromatic nitrogens is 1. The van der Waals surface area contributed by atoms with Gasteiger partial charge in [-0.2, -0.15) is 13.5 Å². The van der Waals surface area contributed by atoms with Crippen molar-refractivity contribution in [2.45, 2.75) is 18.7 Å². The Hall–Kier alpha value is -2.19. The van der Waals surface area contributed by atoms with Gasteiger partial charge in [0.05, 0.1) is 5.92 Å². The van der Waals surface area contributed by atoms with Crippen LogP contribution < -0.4 is 5.73 Å². The standard InChI is InChI=1S/C20H21BN2O3.H2S/c22-12-19(16-4-1-14(2-5-16)11-21(25)26)20(24)10-15-3-6-18-13-23-8-7-17(18)9-15;/h1-9,13,19,25-26H,10-12,22H2;1H2/t19-;/m1./s1. The van der Waals surface area contributed by atoms with Gasteiger partial charge in [0, 0.05) is 37.1 Å². The van der Waals surface area contributed by atoms with Crippen LogP contribution in [0, 0.1) is 0 Å². The fraction of sp³-hybridized carbons (Fsp3) is 0.200. The number of nitrogens with two attached hydrogens (primary N) is 1. The third kappa shape index (κ3) is 5.40. The molecule has 4 N–H and O–H groups in total. The van der Waals surface area contributed by atoms with Crippen molar-refractivity contribution in [2.24, 2.45) is 5.73 Å². The van der Waals surface area contributed by atoms with Gasteiger partial charge >= 0.3 is 7.12 Å². The summed E-state index contributed by atoms with van der Waals surface area (Å²) in [6.45, 7) is 0.234. The van der Waals surface area contributed by atoms with E-state index in [9.17, 15) is 4.79 Å². The molecule has 0 bridgehead atoms. The molecule has 0 aliphatic carbocycles. The number of ketones is 1. The van der Waals surface area contributed by atoms with Crippen molar-refractivity contribution in [3.8, 4) is 0 Å². The normalized spacial score (nSPS) is 11.7. The van der Waals surface area contributed by atoms with E-state index in [2.05, 4.69) is 4.98 Å². The monoisotopic (exact) mass is 382 g/mol. The first-order chi connectivity index (χ1) is 12.6. The van der Waals surface area contributed by atoms with Crippen molar-refractivity contribution in [3.05, 3.63) is 77.6 Å². The quantitative estimate of drug-likeness (QED) is 0.541. The molecular formula is C20H23BN2O3S. The zero-order chi connectivity index (χ0) is 18.5. The second-order valence-corrected chi connectivity index (χ2v) is 6.41. The van der Waals surface area contributed by atoms with Crippen LogP contribution in [0.2, 0.25) is 0 Å². The smallest absolute Gasteiger partial charge is 0.427 e. The minimum Gasteiger partial charge on any atom is -0.427 e. The lowest BCUT2D eigenvalue weighted by Crippen LogP contribution is -2.23. The average molecular weight is 382 g/mol. The maximum atomic E-state index is 12.8. The summed E-state index contributed by atoms with van der Waals surface area (Å²) in [6, 6.07) is 15.1. The molecule has 1 heterocycles. The number of hydrogen-bond donors (Lipinski definition) is 3. The summed E-state index contributed by atoms with van der Waals surface area (Å²) < 4.78 is 0. The fourth-order valence-electron chi connectivity index (χ4n) is 3.12. The highest BCUT2D eigenvalue weighted by Crippen LogP contribution is 2.21. The molecular weight excluding hydrogens is 359 g/mol. The van der Waals surface area contributed by atoms with E-state index in [1.807, 2.05) is 36.4 Å². The predicted molar refractivity (Wildman–Crippen MR) is 113 cm³/mol. The number of pyridine rings is 1. The highest BCUT2D eigenvalue weighted by Gasteiger charge is 2.19. The molecule has 0 aliphatic heterocycles. The van der Waals surface area contributed by atoms with Gasteiger partial charge in [-0.05, 0) is 22.6 Å². The summed E-state index contributed by atoms with van der Waals surface area (Å²) in [5.74, 6) is -0.313. The maximum Gasteiger partial charge on any atom is 0.456 e. The number of nitrogens with zero attached hydrogens (tertiary/aromatic N) is 1. The molecule has 0 fully saturated rings. The summed E-state index contributed by atoms with van der Waals surface area (Å²) in [5, 5.41) is 20.2. The highest BCUT2D eigenvalue weighted by atomic mass is 32.1. The van der Waals surface area contributed by atoms with Crippen LogP contribution in [-0.2, 0) is 17.5 Å². The predicted octanol–water partition coefficient (Wildman–Crippen LogP) is 1.76. The lowest BCUT2D eigenvalue weighted by Gasteiger charge is -2.15. The van der Waals surface area contributed by atoms with Gasteiger partial charge in [0.25, 0.3) is 0 Å². The van der Waals surface area contributed by atoms with Crippen LogP contribution in [0.3, 0.4) is 0 Å². The molecule has 3 aromatic rings. The van der Waals surface area contributed by atoms with Gasteiger partial charge in [-0.3, -0.25) is 9.78 Å². The van der Waals surface area contributed by atoms with Crippen LogP contribution in [0.15, 0.2) is 60.9 Å². The molecule has 0 unspecified atom stereocenters. The fourth-order valence-corrected chi connectivity index (χ4v) is 3.12. The minimum atomic E-state index is -1.38. The van der Waals surface area contributed by atoms with Crippen LogP contribution >= 0.6 is 13.5 Å². The molecule has 140 valence electrons. The van der Waals surface area contributed by atoms with E-state index >= 15 is 0 Å². The molecule has 0 saturated heterocycles. The molecule has 1 aromatic heterocycles. The number of fused-ring (bicyclic) bond motifs is 1. The number of hydrogen-bond acceptors (Lipinski definition) is 5. The molecule has 5 nitrogen and oxygen atoms in total. The summed E-state index contributed by atoms with van der Waals surface area (Å²) in [6.07, 6.45) is 4.01. The number of rotatable bonds is 7. The van der Waals surface area contributed by atoms with Crippen molar-refractivity contribution < 1.29 is 14.8 Å². The lowest BCUT2D eigenvalue weighted by atomic mass is 9.81. The average Bonchev–Trinajstić information content (AvgIpc) is 2.63. The molecule has 0 aliphatic rings. The van der Waals surface area contributed by atoms with E-state index in [1.165, 1.54) is 0 Å². The molecule has 1 atom stereocenters. The Morgan fingerprint density at radius 2 is 1.74 bits per heavy atom. The summed E-state index contributed by atoms with van der Waals surface area (Å²) in [4.78, 5) is 16.9. The van der Waals surface area contributed by atoms with Gasteiger partial charge in [-0.15, -0.1) is 0 Å². The van der Waals surface area contributed by atoms with Crippen LogP contribution in [0.25, 0.3) is 10.8 Å². The molecule has 0 spiro atoms. The van der Waals surface area contributed by atoms with Crippen LogP contribution in [-0.4, -0.2) is 34.5 Å². The Balaban J connectivity index is 0.00000261. The van der Waals surface area contributed by atoms with Crippen molar-refractivity contribution in [2.75, 3.05) is 6.54 Å². The number of carbonyl (C=O) groups excluding carboxylic acids is 1. The number of benzene rings is 2. The SMILES string of the molecule is NC[C@@H](C(=O)Cc1ccc2cnccc2c1)c1ccc(CB(O)O)cc1.S. The Labute approximate surface area is 165 Å². The van der Waals surface area contributed by atoms with Gasteiger partial charge in [-0.25, -0.2) is 0 Å². The molecule has 0 saturated carbocycles. The molecule has 7 heteroatoms. The number of carbonyl (C=O) groups is 1. The first-order valence-corrected chi connectivity index (χ1v) is 8.57. The maximum absolute atomic E-state index is 12.8. The first-order valence-electron chi connectivity index (χ1n) is 8.57. The van der Waals surface area contributed by atoms with Gasteiger partial charge in [-0.1, -0.05) is 48.0 Å². The molecule has 27 heavy (non-hydrogen) atoms. The zero-order valence-corrected chi connectivity index (χ0v) is 15.9. The third-order valence-corrected chi connectivity index (χ3v) is 4.51. The number of Topliss-reactive ketones (excluding diaryl/α,β-unsaturated/α-hetero) is 1. The molecule has 0 amide bonds. The van der Waals surface area contributed by atoms with Crippen LogP contribution in [0.5, 0.6) is 0 Å². The Kier molecular flexibility index (Phi) is 7.56. The van der Waals surface area contributed by atoms with E-state index in [0.29, 0.717) is 6.42 Å². The highest BCUT2D eigenvalue weighted by molar-refractivity contribution is 7.59. The van der Waals surface area contributed by atoms with Gasteiger partial charge in [0.2, 0.25) is 0 Å². The molecule has 3 rings (SSSR count). The van der Waals surface area contributed by atoms with Crippen LogP contribution in [0.1, 0.15) is 22.6 Å². The van der Waals surface area contributed by atoms with Gasteiger partial charge < -0.3 is 15.8 Å². The van der Waals surface area contributed by atoms with Gasteiger partial charge in [0.15, 0.2) is 0 Å². The zero-order valence-electron chi connectivity index (χ0n) is 14.9. The Morgan fingerprint density at radius 1 is 1.04 bits per heavy atom. The topological polar surface area (TPSA) is 96.4 Å². The lowest BCUT2D eigenvalue weighted by molar-refractivity contribution is -0.119. The van der Waals surface area contributed by atoms with E-state index < -0.39 is 7.12 Å². The first kappa shape index (κ1) is 21.1. The second kappa shape index (κ2) is 9.66. The van der Waals surface area contributed by atoms with Crippen molar-refractivity contribution in [1.29, 1.82) is 0 Å². The summed E-state index contributed by atoms with van der Waals surface area (Å²) in [5.41, 5.74) is 8.46. The van der Waals surface area contributed by atoms with E-state index in [-0.39, 0.29) is 38.1 Å². The van der Waals surface area contributed by atoms with Crippen molar-refractivity contribution in [3.63, 3.8) is 0 Å². The molecule has 2 aromatic carbocycles. The molecule has 0 radical (unpaired) electrons. The Morgan fingerprint density at radius 3 is 2.41 bits per heavy atom. The van der Waals surface area contributed by atoms with Gasteiger partial charge in [0.1, 0.15) is 5.78 Å². The van der Waals surface area contributed by atoms with Crippen molar-refractivity contribution >= 4 is 37.2 Å². The third-order valence-electron chi connectivity index (χ3n) is 4.51. The summed E-state index contributed by atoms with van der Waals surface area (Å²) in [7, 11) is -1.38. The van der Waals surface area contributed by atoms with E-state index in [0.717, 1.165) is 27.5 Å². The minimum absolute atomic E-state index is 0. The largest absolute Gasteiger partial charge is 0.456 e. The second-order valence-electron chi connectivity index (χ2n) is 6.41. The summed E-state index contributed by atoms with van der Waals surface area (Å²) >= 11 is 0. The van der Waals surface area contributed by atoms with E-state index in [1.54, 1.807) is 24.5 Å². The Bertz CT molecular complexity index is 903. The van der Waals surface area contributed by atoms with Crippen molar-refractivity contribution in [1.82, 2.24) is 4.98 Å². The van der Waals surface area contributed by atoms with E-state index in [4.69, 9.17) is 15.8 Å². The van der Waals surface area contributed by atoms with Crippen LogP contribution in [0.4, 0.5) is 0 Å².